The molecule has 0 bridgehead atoms. The second-order valence-electron chi connectivity index (χ2n) is 8.13. The Balaban J connectivity index is 1.80. The molecule has 0 amide bonds. The Morgan fingerprint density at radius 1 is 0.844 bits per heavy atom. The molecule has 6 heteroatoms. The van der Waals surface area contributed by atoms with Crippen molar-refractivity contribution in [3.8, 4) is 0 Å². The van der Waals surface area contributed by atoms with Crippen LogP contribution in [0.3, 0.4) is 0 Å². The molecule has 0 spiro atoms. The fourth-order valence-corrected chi connectivity index (χ4v) is 4.77. The van der Waals surface area contributed by atoms with Crippen molar-refractivity contribution in [3.05, 3.63) is 114 Å². The first-order valence-electron chi connectivity index (χ1n) is 10.4. The number of sulfonamides is 1. The highest BCUT2D eigenvalue weighted by molar-refractivity contribution is 7.89. The predicted octanol–water partition coefficient (Wildman–Crippen LogP) is 5.60. The van der Waals surface area contributed by atoms with E-state index in [1.54, 1.807) is 48.5 Å². The summed E-state index contributed by atoms with van der Waals surface area (Å²) in [6, 6.07) is 19.2. The Bertz CT molecular complexity index is 1090. The molecule has 168 valence electrons. The van der Waals surface area contributed by atoms with Gasteiger partial charge < -0.3 is 0 Å². The maximum atomic E-state index is 13.4. The SMILES string of the molecule is C=CC(CCNS(=O)(=O)c1ccc(C)cc1)(Cc1ccc(F)cc1)Cc1ccc(F)cc1. The van der Waals surface area contributed by atoms with Crippen molar-refractivity contribution < 1.29 is 17.2 Å². The highest BCUT2D eigenvalue weighted by Gasteiger charge is 2.28. The maximum absolute atomic E-state index is 13.4. The van der Waals surface area contributed by atoms with Crippen LogP contribution in [0.2, 0.25) is 0 Å². The van der Waals surface area contributed by atoms with Gasteiger partial charge in [-0.25, -0.2) is 21.9 Å². The molecule has 3 aromatic carbocycles. The summed E-state index contributed by atoms with van der Waals surface area (Å²) in [7, 11) is -3.65. The second kappa shape index (κ2) is 10.2. The molecule has 3 rings (SSSR count). The summed E-state index contributed by atoms with van der Waals surface area (Å²) < 4.78 is 54.8. The molecule has 0 heterocycles. The van der Waals surface area contributed by atoms with Crippen LogP contribution in [0, 0.1) is 24.0 Å². The lowest BCUT2D eigenvalue weighted by Gasteiger charge is -2.31. The summed E-state index contributed by atoms with van der Waals surface area (Å²) in [5, 5.41) is 0. The van der Waals surface area contributed by atoms with Crippen LogP contribution in [-0.4, -0.2) is 15.0 Å². The molecule has 0 saturated heterocycles. The van der Waals surface area contributed by atoms with E-state index in [1.807, 2.05) is 13.0 Å². The van der Waals surface area contributed by atoms with Gasteiger partial charge in [-0.05, 0) is 79.1 Å². The van der Waals surface area contributed by atoms with Gasteiger partial charge in [-0.1, -0.05) is 48.0 Å². The summed E-state index contributed by atoms with van der Waals surface area (Å²) in [6.07, 6.45) is 3.37. The molecule has 3 nitrogen and oxygen atoms in total. The van der Waals surface area contributed by atoms with E-state index in [0.29, 0.717) is 19.3 Å². The molecule has 32 heavy (non-hydrogen) atoms. The zero-order chi connectivity index (χ0) is 23.2. The van der Waals surface area contributed by atoms with Crippen molar-refractivity contribution in [2.24, 2.45) is 5.41 Å². The average Bonchev–Trinajstić information content (AvgIpc) is 2.77. The van der Waals surface area contributed by atoms with Crippen LogP contribution < -0.4 is 4.72 Å². The second-order valence-corrected chi connectivity index (χ2v) is 9.90. The molecule has 0 fully saturated rings. The Kier molecular flexibility index (Phi) is 7.59. The number of rotatable bonds is 10. The van der Waals surface area contributed by atoms with Crippen LogP contribution >= 0.6 is 0 Å². The summed E-state index contributed by atoms with van der Waals surface area (Å²) in [5.41, 5.74) is 2.30. The number of halogens is 2. The van der Waals surface area contributed by atoms with E-state index in [0.717, 1.165) is 16.7 Å². The molecule has 0 atom stereocenters. The van der Waals surface area contributed by atoms with Gasteiger partial charge in [0.25, 0.3) is 0 Å². The maximum Gasteiger partial charge on any atom is 0.240 e. The van der Waals surface area contributed by atoms with E-state index in [4.69, 9.17) is 0 Å². The molecule has 0 radical (unpaired) electrons. The van der Waals surface area contributed by atoms with Crippen LogP contribution in [0.4, 0.5) is 8.78 Å². The average molecular weight is 456 g/mol. The molecule has 1 N–H and O–H groups in total. The number of hydrogen-bond donors (Lipinski definition) is 1. The molecule has 0 aliphatic carbocycles. The summed E-state index contributed by atoms with van der Waals surface area (Å²) in [5.74, 6) is -0.635. The largest absolute Gasteiger partial charge is 0.240 e. The predicted molar refractivity (Wildman–Crippen MR) is 124 cm³/mol. The molecular weight excluding hydrogens is 428 g/mol. The first-order valence-corrected chi connectivity index (χ1v) is 11.9. The van der Waals surface area contributed by atoms with E-state index >= 15 is 0 Å². The zero-order valence-corrected chi connectivity index (χ0v) is 18.8. The van der Waals surface area contributed by atoms with Crippen molar-refractivity contribution in [1.82, 2.24) is 4.72 Å². The van der Waals surface area contributed by atoms with Gasteiger partial charge in [0.1, 0.15) is 11.6 Å². The lowest BCUT2D eigenvalue weighted by molar-refractivity contribution is 0.346. The van der Waals surface area contributed by atoms with Crippen molar-refractivity contribution >= 4 is 10.0 Å². The van der Waals surface area contributed by atoms with Gasteiger partial charge in [0.2, 0.25) is 10.0 Å². The normalized spacial score (nSPS) is 12.0. The van der Waals surface area contributed by atoms with E-state index < -0.39 is 15.4 Å². The Hall–Kier alpha value is -2.83. The lowest BCUT2D eigenvalue weighted by Crippen LogP contribution is -2.32. The molecule has 0 unspecified atom stereocenters. The van der Waals surface area contributed by atoms with Gasteiger partial charge in [-0.3, -0.25) is 0 Å². The number of benzene rings is 3. The Labute approximate surface area is 188 Å². The van der Waals surface area contributed by atoms with E-state index in [2.05, 4.69) is 11.3 Å². The molecule has 3 aromatic rings. The third-order valence-electron chi connectivity index (χ3n) is 5.62. The smallest absolute Gasteiger partial charge is 0.211 e. The number of nitrogens with one attached hydrogen (secondary N) is 1. The number of hydrogen-bond acceptors (Lipinski definition) is 2. The lowest BCUT2D eigenvalue weighted by atomic mass is 9.74. The van der Waals surface area contributed by atoms with Crippen molar-refractivity contribution in [2.75, 3.05) is 6.54 Å². The minimum absolute atomic E-state index is 0.199. The first-order chi connectivity index (χ1) is 15.2. The molecule has 0 aliphatic rings. The van der Waals surface area contributed by atoms with Gasteiger partial charge in [-0.15, -0.1) is 6.58 Å². The third-order valence-corrected chi connectivity index (χ3v) is 7.10. The van der Waals surface area contributed by atoms with Gasteiger partial charge in [0.05, 0.1) is 4.90 Å². The fourth-order valence-electron chi connectivity index (χ4n) is 3.74. The highest BCUT2D eigenvalue weighted by atomic mass is 32.2. The highest BCUT2D eigenvalue weighted by Crippen LogP contribution is 2.33. The summed E-state index contributed by atoms with van der Waals surface area (Å²) in [4.78, 5) is 0.212. The zero-order valence-electron chi connectivity index (χ0n) is 18.0. The number of allylic oxidation sites excluding steroid dienone is 1. The van der Waals surface area contributed by atoms with Gasteiger partial charge in [0.15, 0.2) is 0 Å². The van der Waals surface area contributed by atoms with Crippen molar-refractivity contribution in [3.63, 3.8) is 0 Å². The quantitative estimate of drug-likeness (QED) is 0.405. The molecule has 0 aromatic heterocycles. The van der Waals surface area contributed by atoms with Crippen LogP contribution in [-0.2, 0) is 22.9 Å². The number of aryl methyl sites for hydroxylation is 1. The van der Waals surface area contributed by atoms with Crippen LogP contribution in [0.1, 0.15) is 23.1 Å². The van der Waals surface area contributed by atoms with Crippen LogP contribution in [0.25, 0.3) is 0 Å². The van der Waals surface area contributed by atoms with E-state index in [1.165, 1.54) is 24.3 Å². The minimum Gasteiger partial charge on any atom is -0.211 e. The van der Waals surface area contributed by atoms with Gasteiger partial charge in [-0.2, -0.15) is 0 Å². The monoisotopic (exact) mass is 455 g/mol. The molecular formula is C26H27F2NO2S. The first kappa shape index (κ1) is 23.8. The van der Waals surface area contributed by atoms with Crippen molar-refractivity contribution in [2.45, 2.75) is 31.1 Å². The Morgan fingerprint density at radius 2 is 1.31 bits per heavy atom. The fraction of sp³-hybridized carbons (Fsp3) is 0.231. The van der Waals surface area contributed by atoms with E-state index in [-0.39, 0.29) is 23.1 Å². The standard InChI is InChI=1S/C26H27F2NO2S/c1-3-26(18-21-6-10-23(27)11-7-21,19-22-8-12-24(28)13-9-22)16-17-29-32(30,31)25-14-4-20(2)5-15-25/h3-15,29H,1,16-19H2,2H3. The summed E-state index contributed by atoms with van der Waals surface area (Å²) in [6.45, 7) is 6.11. The Morgan fingerprint density at radius 3 is 1.75 bits per heavy atom. The van der Waals surface area contributed by atoms with Crippen LogP contribution in [0.15, 0.2) is 90.3 Å². The molecule has 0 aliphatic heterocycles. The van der Waals surface area contributed by atoms with Crippen LogP contribution in [0.5, 0.6) is 0 Å². The summed E-state index contributed by atoms with van der Waals surface area (Å²) >= 11 is 0. The van der Waals surface area contributed by atoms with Gasteiger partial charge >= 0.3 is 0 Å². The van der Waals surface area contributed by atoms with Gasteiger partial charge in [0, 0.05) is 6.54 Å². The van der Waals surface area contributed by atoms with E-state index in [9.17, 15) is 17.2 Å². The van der Waals surface area contributed by atoms with Crippen molar-refractivity contribution in [1.29, 1.82) is 0 Å². The topological polar surface area (TPSA) is 46.2 Å². The third kappa shape index (κ3) is 6.34. The minimum atomic E-state index is -3.65. The molecule has 0 saturated carbocycles.